The van der Waals surface area contributed by atoms with E-state index < -0.39 is 16.3 Å². The zero-order chi connectivity index (χ0) is 15.9. The Hall–Kier alpha value is -0.584. The van der Waals surface area contributed by atoms with Crippen molar-refractivity contribution < 1.29 is 73.4 Å². The van der Waals surface area contributed by atoms with Gasteiger partial charge in [0.2, 0.25) is 16.3 Å². The third kappa shape index (κ3) is 4.09. The van der Waals surface area contributed by atoms with Crippen molar-refractivity contribution in [2.75, 3.05) is 5.06 Å². The van der Waals surface area contributed by atoms with Crippen LogP contribution in [0.15, 0.2) is 42.5 Å². The van der Waals surface area contributed by atoms with Gasteiger partial charge in [0, 0.05) is 6.92 Å². The molecule has 8 heteroatoms. The second-order valence-electron chi connectivity index (χ2n) is 4.97. The number of hydrogen-bond donors (Lipinski definition) is 0. The van der Waals surface area contributed by atoms with Crippen LogP contribution >= 0.6 is 0 Å². The monoisotopic (exact) mass is 357 g/mol. The van der Waals surface area contributed by atoms with Crippen molar-refractivity contribution in [2.45, 2.75) is 13.3 Å². The first-order valence-corrected chi connectivity index (χ1v) is 7.86. The molecule has 0 fully saturated rings. The van der Waals surface area contributed by atoms with Gasteiger partial charge in [-0.05, 0) is 40.8 Å². The molecule has 114 valence electrons. The van der Waals surface area contributed by atoms with Crippen LogP contribution in [0.4, 0.5) is 5.69 Å². The van der Waals surface area contributed by atoms with E-state index in [9.17, 15) is 17.8 Å². The van der Waals surface area contributed by atoms with Crippen molar-refractivity contribution in [3.05, 3.63) is 53.6 Å². The summed E-state index contributed by atoms with van der Waals surface area (Å²) in [6.45, 7) is 1.12. The largest absolute Gasteiger partial charge is 1.00 e. The van der Waals surface area contributed by atoms with Crippen LogP contribution in [0.1, 0.15) is 18.1 Å². The van der Waals surface area contributed by atoms with Crippen LogP contribution < -0.4 is 56.4 Å². The predicted octanol–water partition coefficient (Wildman–Crippen LogP) is -0.993. The van der Waals surface area contributed by atoms with E-state index in [2.05, 4.69) is 4.28 Å². The summed E-state index contributed by atoms with van der Waals surface area (Å²) >= 11 is 0. The van der Waals surface area contributed by atoms with Gasteiger partial charge in [-0.3, -0.25) is 4.79 Å². The quantitative estimate of drug-likeness (QED) is 0.260. The fraction of sp³-hybridized carbons (Fsp3) is 0.133. The topological polar surface area (TPSA) is 86.7 Å². The molecule has 0 aliphatic heterocycles. The van der Waals surface area contributed by atoms with Gasteiger partial charge in [-0.15, -0.1) is 0 Å². The zero-order valence-electron chi connectivity index (χ0n) is 12.6. The average Bonchev–Trinajstić information content (AvgIpc) is 2.81. The van der Waals surface area contributed by atoms with E-state index in [1.165, 1.54) is 0 Å². The number of hydrogen-bond acceptors (Lipinski definition) is 5. The number of hydroxylamine groups is 1. The zero-order valence-corrected chi connectivity index (χ0v) is 16.6. The number of benzene rings is 2. The van der Waals surface area contributed by atoms with Gasteiger partial charge >= 0.3 is 51.4 Å². The van der Waals surface area contributed by atoms with E-state index in [1.807, 2.05) is 24.3 Å². The second kappa shape index (κ2) is 7.12. The van der Waals surface area contributed by atoms with Gasteiger partial charge in [0.15, 0.2) is 0 Å². The van der Waals surface area contributed by atoms with Crippen LogP contribution in [0.5, 0.6) is 0 Å². The van der Waals surface area contributed by atoms with Gasteiger partial charge in [-0.25, -0.2) is 8.42 Å². The first kappa shape index (κ1) is 18.8. The van der Waals surface area contributed by atoms with Crippen molar-refractivity contribution in [1.82, 2.24) is 0 Å². The van der Waals surface area contributed by atoms with E-state index in [0.717, 1.165) is 29.2 Å². The van der Waals surface area contributed by atoms with Gasteiger partial charge in [0.05, 0.1) is 5.69 Å². The Morgan fingerprint density at radius 2 is 1.78 bits per heavy atom. The van der Waals surface area contributed by atoms with Crippen LogP contribution in [0.2, 0.25) is 0 Å². The summed E-state index contributed by atoms with van der Waals surface area (Å²) in [5.74, 6) is -0.699. The van der Waals surface area contributed by atoms with Crippen molar-refractivity contribution >= 4 is 22.0 Å². The SMILES string of the molecule is CC(=O)N(OS(=O)(=O)[O-])c1ccc2c(c1)Cc1ccccc1-2.[K+]. The maximum atomic E-state index is 11.5. The van der Waals surface area contributed by atoms with E-state index >= 15 is 0 Å². The molecular formula is C15H12KNO5S. The summed E-state index contributed by atoms with van der Waals surface area (Å²) in [5, 5.41) is 0.492. The number of nitrogens with zero attached hydrogens (tertiary/aromatic N) is 1. The van der Waals surface area contributed by atoms with E-state index in [0.29, 0.717) is 11.5 Å². The minimum atomic E-state index is -5.03. The Labute approximate surface area is 176 Å². The second-order valence-corrected chi connectivity index (χ2v) is 5.94. The van der Waals surface area contributed by atoms with Crippen LogP contribution in [0.3, 0.4) is 0 Å². The smallest absolute Gasteiger partial charge is 0.724 e. The predicted molar refractivity (Wildman–Crippen MR) is 78.6 cm³/mol. The standard InChI is InChI=1S/C15H13NO5S.K/c1-10(17)16(21-22(18,19)20)13-6-7-15-12(9-13)8-11-4-2-3-5-14(11)15;/h2-7,9H,8H2,1H3,(H,18,19,20);/q;+1/p-1. The van der Waals surface area contributed by atoms with Gasteiger partial charge in [-0.2, -0.15) is 9.35 Å². The van der Waals surface area contributed by atoms with Gasteiger partial charge < -0.3 is 4.55 Å². The first-order valence-electron chi connectivity index (χ1n) is 6.52. The number of carbonyl (C=O) groups is 1. The fourth-order valence-corrected chi connectivity index (χ4v) is 3.00. The molecule has 23 heavy (non-hydrogen) atoms. The molecule has 3 rings (SSSR count). The minimum Gasteiger partial charge on any atom is -0.724 e. The molecule has 0 saturated carbocycles. The molecule has 0 radical (unpaired) electrons. The summed E-state index contributed by atoms with van der Waals surface area (Å²) in [4.78, 5) is 11.5. The van der Waals surface area contributed by atoms with Crippen LogP contribution in [0, 0.1) is 0 Å². The summed E-state index contributed by atoms with van der Waals surface area (Å²) in [6, 6.07) is 12.9. The first-order chi connectivity index (χ1) is 10.3. The molecule has 0 unspecified atom stereocenters. The molecule has 2 aromatic carbocycles. The molecule has 6 nitrogen and oxygen atoms in total. The molecule has 1 amide bonds. The molecule has 1 aliphatic carbocycles. The Morgan fingerprint density at radius 3 is 2.43 bits per heavy atom. The number of fused-ring (bicyclic) bond motifs is 3. The van der Waals surface area contributed by atoms with E-state index in [-0.39, 0.29) is 57.1 Å². The molecule has 0 saturated heterocycles. The number of rotatable bonds is 3. The Balaban J connectivity index is 0.00000192. The molecule has 0 bridgehead atoms. The van der Waals surface area contributed by atoms with Crippen LogP contribution in [-0.2, 0) is 25.9 Å². The molecule has 2 aromatic rings. The number of amides is 1. The maximum Gasteiger partial charge on any atom is 1.00 e. The Morgan fingerprint density at radius 1 is 1.13 bits per heavy atom. The molecule has 0 spiro atoms. The van der Waals surface area contributed by atoms with Crippen molar-refractivity contribution in [3.63, 3.8) is 0 Å². The fourth-order valence-electron chi connectivity index (χ4n) is 2.63. The molecule has 0 atom stereocenters. The third-order valence-corrected chi connectivity index (χ3v) is 3.80. The van der Waals surface area contributed by atoms with Crippen molar-refractivity contribution in [1.29, 1.82) is 0 Å². The normalized spacial score (nSPS) is 12.1. The van der Waals surface area contributed by atoms with E-state index in [1.54, 1.807) is 18.2 Å². The van der Waals surface area contributed by atoms with Crippen LogP contribution in [0.25, 0.3) is 11.1 Å². The Bertz CT molecular complexity index is 866. The summed E-state index contributed by atoms with van der Waals surface area (Å²) in [7, 11) is -5.03. The van der Waals surface area contributed by atoms with Crippen molar-refractivity contribution in [3.8, 4) is 11.1 Å². The third-order valence-electron chi connectivity index (χ3n) is 3.46. The molecule has 0 heterocycles. The van der Waals surface area contributed by atoms with Gasteiger partial charge in [0.1, 0.15) is 0 Å². The molecule has 1 aliphatic rings. The summed E-state index contributed by atoms with van der Waals surface area (Å²) < 4.78 is 36.5. The number of carbonyl (C=O) groups excluding carboxylic acids is 1. The molecule has 0 N–H and O–H groups in total. The van der Waals surface area contributed by atoms with Crippen LogP contribution in [-0.4, -0.2) is 18.9 Å². The van der Waals surface area contributed by atoms with Gasteiger partial charge in [-0.1, -0.05) is 30.3 Å². The minimum absolute atomic E-state index is 0. The average molecular weight is 357 g/mol. The molecule has 0 aromatic heterocycles. The molecular weight excluding hydrogens is 345 g/mol. The maximum absolute atomic E-state index is 11.5. The Kier molecular flexibility index (Phi) is 5.80. The van der Waals surface area contributed by atoms with Gasteiger partial charge in [0.25, 0.3) is 0 Å². The summed E-state index contributed by atoms with van der Waals surface area (Å²) in [6.07, 6.45) is 0.676. The van der Waals surface area contributed by atoms with E-state index in [4.69, 9.17) is 0 Å². The van der Waals surface area contributed by atoms with Crippen molar-refractivity contribution in [2.24, 2.45) is 0 Å². The summed E-state index contributed by atoms with van der Waals surface area (Å²) in [5.41, 5.74) is 4.43. The number of anilines is 1.